The zero-order valence-corrected chi connectivity index (χ0v) is 15.4. The van der Waals surface area contributed by atoms with E-state index >= 15 is 0 Å². The minimum absolute atomic E-state index is 0.198. The van der Waals surface area contributed by atoms with Crippen LogP contribution >= 0.6 is 15.9 Å². The van der Waals surface area contributed by atoms with Gasteiger partial charge in [0.15, 0.2) is 0 Å². The molecule has 1 aromatic rings. The summed E-state index contributed by atoms with van der Waals surface area (Å²) in [6, 6.07) is 8.13. The van der Waals surface area contributed by atoms with E-state index in [-0.39, 0.29) is 11.8 Å². The number of hydrogen-bond acceptors (Lipinski definition) is 2. The predicted molar refractivity (Wildman–Crippen MR) is 95.8 cm³/mol. The molecule has 0 bridgehead atoms. The van der Waals surface area contributed by atoms with Crippen molar-refractivity contribution in [3.05, 3.63) is 34.3 Å². The predicted octanol–water partition coefficient (Wildman–Crippen LogP) is 3.97. The van der Waals surface area contributed by atoms with E-state index in [9.17, 15) is 9.59 Å². The number of carbonyl (C=O) groups is 2. The summed E-state index contributed by atoms with van der Waals surface area (Å²) in [5.41, 5.74) is 0.667. The Labute approximate surface area is 151 Å². The zero-order chi connectivity index (χ0) is 17.2. The maximum absolute atomic E-state index is 13.4. The van der Waals surface area contributed by atoms with E-state index in [2.05, 4.69) is 28.1 Å². The average Bonchev–Trinajstić information content (AvgIpc) is 2.62. The molecule has 1 amide bonds. The number of aliphatic carboxylic acids is 1. The Morgan fingerprint density at radius 2 is 1.79 bits per heavy atom. The molecule has 1 saturated carbocycles. The molecule has 24 heavy (non-hydrogen) atoms. The maximum atomic E-state index is 13.4. The standard InChI is InChI=1S/C19H24BrNO3/c20-16-6-4-5-15(13-16)19(9-2-1-3-10-19)18(24)21-11-7-14(8-12-21)17(22)23/h4-6,13-14H,1-3,7-12H2,(H,22,23). The van der Waals surface area contributed by atoms with Crippen molar-refractivity contribution < 1.29 is 14.7 Å². The van der Waals surface area contributed by atoms with Crippen LogP contribution in [0.25, 0.3) is 0 Å². The van der Waals surface area contributed by atoms with Crippen LogP contribution in [0.4, 0.5) is 0 Å². The summed E-state index contributed by atoms with van der Waals surface area (Å²) >= 11 is 3.53. The van der Waals surface area contributed by atoms with E-state index in [1.54, 1.807) is 0 Å². The molecule has 0 atom stereocenters. The van der Waals surface area contributed by atoms with Crippen molar-refractivity contribution in [2.24, 2.45) is 5.92 Å². The lowest BCUT2D eigenvalue weighted by atomic mass is 9.68. The SMILES string of the molecule is O=C(O)C1CCN(C(=O)C2(c3cccc(Br)c3)CCCCC2)CC1. The molecule has 0 aromatic heterocycles. The third-order valence-electron chi connectivity index (χ3n) is 5.63. The molecule has 1 saturated heterocycles. The number of halogens is 1. The van der Waals surface area contributed by atoms with E-state index in [1.165, 1.54) is 6.42 Å². The van der Waals surface area contributed by atoms with Gasteiger partial charge in [0.05, 0.1) is 11.3 Å². The number of nitrogens with zero attached hydrogens (tertiary/aromatic N) is 1. The van der Waals surface area contributed by atoms with Gasteiger partial charge in [0.2, 0.25) is 5.91 Å². The fraction of sp³-hybridized carbons (Fsp3) is 0.579. The van der Waals surface area contributed by atoms with E-state index in [0.717, 1.165) is 35.7 Å². The summed E-state index contributed by atoms with van der Waals surface area (Å²) in [4.78, 5) is 26.5. The van der Waals surface area contributed by atoms with Gasteiger partial charge in [-0.15, -0.1) is 0 Å². The van der Waals surface area contributed by atoms with E-state index < -0.39 is 11.4 Å². The number of carboxylic acids is 1. The fourth-order valence-electron chi connectivity index (χ4n) is 4.20. The van der Waals surface area contributed by atoms with Gasteiger partial charge >= 0.3 is 5.97 Å². The molecule has 1 aliphatic carbocycles. The normalized spacial score (nSPS) is 21.5. The Bertz CT molecular complexity index is 617. The second kappa shape index (κ2) is 7.26. The number of carbonyl (C=O) groups excluding carboxylic acids is 1. The molecule has 4 nitrogen and oxygen atoms in total. The fourth-order valence-corrected chi connectivity index (χ4v) is 4.60. The first-order valence-corrected chi connectivity index (χ1v) is 9.60. The second-order valence-electron chi connectivity index (χ2n) is 7.06. The highest BCUT2D eigenvalue weighted by Crippen LogP contribution is 2.42. The van der Waals surface area contributed by atoms with Crippen LogP contribution in [0.3, 0.4) is 0 Å². The summed E-state index contributed by atoms with van der Waals surface area (Å²) in [7, 11) is 0. The lowest BCUT2D eigenvalue weighted by molar-refractivity contribution is -0.148. The molecule has 2 fully saturated rings. The van der Waals surface area contributed by atoms with Crippen LogP contribution in [0.1, 0.15) is 50.5 Å². The molecule has 0 radical (unpaired) electrons. The van der Waals surface area contributed by atoms with Crippen molar-refractivity contribution in [2.45, 2.75) is 50.4 Å². The van der Waals surface area contributed by atoms with Crippen molar-refractivity contribution in [3.8, 4) is 0 Å². The average molecular weight is 394 g/mol. The number of carboxylic acid groups (broad SMARTS) is 1. The molecule has 2 aliphatic rings. The number of amides is 1. The molecular formula is C19H24BrNO3. The lowest BCUT2D eigenvalue weighted by Gasteiger charge is -2.42. The Morgan fingerprint density at radius 3 is 2.38 bits per heavy atom. The second-order valence-corrected chi connectivity index (χ2v) is 7.97. The third-order valence-corrected chi connectivity index (χ3v) is 6.12. The molecule has 130 valence electrons. The number of likely N-dealkylation sites (tertiary alicyclic amines) is 1. The van der Waals surface area contributed by atoms with Crippen LogP contribution in [0, 0.1) is 5.92 Å². The van der Waals surface area contributed by atoms with Crippen molar-refractivity contribution in [1.82, 2.24) is 4.90 Å². The monoisotopic (exact) mass is 393 g/mol. The number of piperidine rings is 1. The van der Waals surface area contributed by atoms with E-state index in [4.69, 9.17) is 5.11 Å². The summed E-state index contributed by atoms with van der Waals surface area (Å²) in [5, 5.41) is 9.16. The van der Waals surface area contributed by atoms with Gasteiger partial charge in [0.1, 0.15) is 0 Å². The van der Waals surface area contributed by atoms with Gasteiger partial charge in [0, 0.05) is 17.6 Å². The maximum Gasteiger partial charge on any atom is 0.306 e. The van der Waals surface area contributed by atoms with Gasteiger partial charge in [-0.2, -0.15) is 0 Å². The van der Waals surface area contributed by atoms with Gasteiger partial charge in [0.25, 0.3) is 0 Å². The Balaban J connectivity index is 1.84. The molecule has 5 heteroatoms. The topological polar surface area (TPSA) is 57.6 Å². The van der Waals surface area contributed by atoms with Gasteiger partial charge in [-0.1, -0.05) is 47.3 Å². The van der Waals surface area contributed by atoms with Crippen LogP contribution in [-0.2, 0) is 15.0 Å². The zero-order valence-electron chi connectivity index (χ0n) is 13.8. The summed E-state index contributed by atoms with van der Waals surface area (Å²) in [6.07, 6.45) is 6.24. The molecule has 1 N–H and O–H groups in total. The summed E-state index contributed by atoms with van der Waals surface area (Å²) in [5.74, 6) is -0.840. The molecule has 1 aromatic carbocycles. The van der Waals surface area contributed by atoms with Crippen LogP contribution in [0.15, 0.2) is 28.7 Å². The molecule has 1 aliphatic heterocycles. The minimum Gasteiger partial charge on any atom is -0.481 e. The highest BCUT2D eigenvalue weighted by atomic mass is 79.9. The number of rotatable bonds is 3. The van der Waals surface area contributed by atoms with Crippen molar-refractivity contribution >= 4 is 27.8 Å². The lowest BCUT2D eigenvalue weighted by Crippen LogP contribution is -2.51. The van der Waals surface area contributed by atoms with Crippen LogP contribution in [0.5, 0.6) is 0 Å². The van der Waals surface area contributed by atoms with Gasteiger partial charge in [-0.25, -0.2) is 0 Å². The Morgan fingerprint density at radius 1 is 1.12 bits per heavy atom. The van der Waals surface area contributed by atoms with Crippen molar-refractivity contribution in [2.75, 3.05) is 13.1 Å². The highest BCUT2D eigenvalue weighted by Gasteiger charge is 2.44. The van der Waals surface area contributed by atoms with Gasteiger partial charge < -0.3 is 10.0 Å². The summed E-state index contributed by atoms with van der Waals surface area (Å²) in [6.45, 7) is 1.12. The van der Waals surface area contributed by atoms with Gasteiger partial charge in [-0.3, -0.25) is 9.59 Å². The molecule has 1 heterocycles. The van der Waals surface area contributed by atoms with Crippen LogP contribution in [-0.4, -0.2) is 35.0 Å². The quantitative estimate of drug-likeness (QED) is 0.844. The minimum atomic E-state index is -0.735. The van der Waals surface area contributed by atoms with E-state index in [1.807, 2.05) is 17.0 Å². The van der Waals surface area contributed by atoms with Gasteiger partial charge in [-0.05, 0) is 43.4 Å². The van der Waals surface area contributed by atoms with Crippen molar-refractivity contribution in [3.63, 3.8) is 0 Å². The number of hydrogen-bond donors (Lipinski definition) is 1. The number of benzene rings is 1. The van der Waals surface area contributed by atoms with Crippen molar-refractivity contribution in [1.29, 1.82) is 0 Å². The molecule has 0 unspecified atom stereocenters. The first kappa shape index (κ1) is 17.5. The molecular weight excluding hydrogens is 370 g/mol. The van der Waals surface area contributed by atoms with E-state index in [0.29, 0.717) is 25.9 Å². The first-order chi connectivity index (χ1) is 11.5. The van der Waals surface area contributed by atoms with Crippen LogP contribution in [0.2, 0.25) is 0 Å². The first-order valence-electron chi connectivity index (χ1n) is 8.81. The largest absolute Gasteiger partial charge is 0.481 e. The Hall–Kier alpha value is -1.36. The highest BCUT2D eigenvalue weighted by molar-refractivity contribution is 9.10. The molecule has 3 rings (SSSR count). The Kier molecular flexibility index (Phi) is 5.28. The summed E-state index contributed by atoms with van der Waals surface area (Å²) < 4.78 is 1.00. The molecule has 0 spiro atoms. The third kappa shape index (κ3) is 3.37. The van der Waals surface area contributed by atoms with Crippen LogP contribution < -0.4 is 0 Å². The smallest absolute Gasteiger partial charge is 0.306 e.